The number of aryl methyl sites for hydroxylation is 1. The maximum absolute atomic E-state index is 12.0. The Morgan fingerprint density at radius 2 is 2.10 bits per heavy atom. The van der Waals surface area contributed by atoms with Crippen molar-refractivity contribution in [1.82, 2.24) is 5.32 Å². The summed E-state index contributed by atoms with van der Waals surface area (Å²) in [5.74, 6) is 0.0247. The van der Waals surface area contributed by atoms with Crippen LogP contribution in [0.5, 0.6) is 0 Å². The first kappa shape index (κ1) is 15.3. The van der Waals surface area contributed by atoms with Gasteiger partial charge >= 0.3 is 0 Å². The van der Waals surface area contributed by atoms with Crippen molar-refractivity contribution in [2.75, 3.05) is 25.1 Å². The number of anilines is 1. The third-order valence-electron chi connectivity index (χ3n) is 3.67. The van der Waals surface area contributed by atoms with Gasteiger partial charge in [0.1, 0.15) is 0 Å². The van der Waals surface area contributed by atoms with Crippen molar-refractivity contribution in [3.8, 4) is 0 Å². The van der Waals surface area contributed by atoms with Crippen molar-refractivity contribution in [2.45, 2.75) is 32.2 Å². The fraction of sp³-hybridized carbons (Fsp3) is 0.533. The van der Waals surface area contributed by atoms with E-state index in [-0.39, 0.29) is 11.4 Å². The predicted molar refractivity (Wildman–Crippen MR) is 84.0 cm³/mol. The van der Waals surface area contributed by atoms with Crippen molar-refractivity contribution < 1.29 is 9.53 Å². The molecular weight excluding hydrogens is 320 g/mol. The number of hydrogen-bond donors (Lipinski definition) is 2. The monoisotopic (exact) mass is 340 g/mol. The summed E-state index contributed by atoms with van der Waals surface area (Å²) in [6.07, 6.45) is 1.74. The Hall–Kier alpha value is -1.07. The van der Waals surface area contributed by atoms with Crippen LogP contribution < -0.4 is 10.6 Å². The van der Waals surface area contributed by atoms with Gasteiger partial charge in [-0.25, -0.2) is 0 Å². The highest BCUT2D eigenvalue weighted by Gasteiger charge is 2.28. The molecule has 1 fully saturated rings. The summed E-state index contributed by atoms with van der Waals surface area (Å²) in [5, 5.41) is 6.29. The summed E-state index contributed by atoms with van der Waals surface area (Å²) in [6, 6.07) is 5.97. The zero-order chi connectivity index (χ0) is 14.6. The van der Waals surface area contributed by atoms with Gasteiger partial charge in [0, 0.05) is 28.9 Å². The van der Waals surface area contributed by atoms with Crippen LogP contribution in [0.15, 0.2) is 22.7 Å². The molecular formula is C15H21BrN2O2. The Morgan fingerprint density at radius 3 is 2.75 bits per heavy atom. The van der Waals surface area contributed by atoms with Crippen molar-refractivity contribution in [2.24, 2.45) is 0 Å². The summed E-state index contributed by atoms with van der Waals surface area (Å²) in [5.41, 5.74) is 1.97. The van der Waals surface area contributed by atoms with Gasteiger partial charge < -0.3 is 15.4 Å². The minimum Gasteiger partial charge on any atom is -0.381 e. The van der Waals surface area contributed by atoms with Crippen LogP contribution in [0.25, 0.3) is 0 Å². The normalized spacial score (nSPS) is 17.6. The van der Waals surface area contributed by atoms with E-state index in [0.717, 1.165) is 41.8 Å². The van der Waals surface area contributed by atoms with Crippen LogP contribution >= 0.6 is 15.9 Å². The maximum Gasteiger partial charge on any atom is 0.239 e. The number of rotatable bonds is 4. The van der Waals surface area contributed by atoms with Gasteiger partial charge in [0.25, 0.3) is 0 Å². The quantitative estimate of drug-likeness (QED) is 0.885. The molecule has 1 aliphatic heterocycles. The number of carbonyl (C=O) groups excluding carboxylic acids is 1. The Morgan fingerprint density at radius 1 is 1.40 bits per heavy atom. The molecule has 0 spiro atoms. The highest BCUT2D eigenvalue weighted by molar-refractivity contribution is 9.10. The maximum atomic E-state index is 12.0. The molecule has 1 amide bonds. The Bertz CT molecular complexity index is 485. The second-order valence-electron chi connectivity index (χ2n) is 5.53. The van der Waals surface area contributed by atoms with E-state index in [2.05, 4.69) is 33.5 Å². The van der Waals surface area contributed by atoms with E-state index in [1.807, 2.05) is 25.1 Å². The molecule has 110 valence electrons. The molecule has 0 aromatic heterocycles. The van der Waals surface area contributed by atoms with Crippen molar-refractivity contribution in [1.29, 1.82) is 0 Å². The molecule has 0 saturated carbocycles. The van der Waals surface area contributed by atoms with Gasteiger partial charge in [-0.05, 0) is 50.5 Å². The van der Waals surface area contributed by atoms with Gasteiger partial charge in [0.2, 0.25) is 5.91 Å². The van der Waals surface area contributed by atoms with E-state index in [9.17, 15) is 4.79 Å². The van der Waals surface area contributed by atoms with Crippen molar-refractivity contribution in [3.05, 3.63) is 28.2 Å². The highest BCUT2D eigenvalue weighted by atomic mass is 79.9. The molecule has 0 aliphatic carbocycles. The lowest BCUT2D eigenvalue weighted by Crippen LogP contribution is -2.51. The predicted octanol–water partition coefficient (Wildman–Crippen LogP) is 2.85. The number of ether oxygens (including phenoxy) is 1. The lowest BCUT2D eigenvalue weighted by molar-refractivity contribution is -0.122. The summed E-state index contributed by atoms with van der Waals surface area (Å²) in [7, 11) is 0. The molecule has 0 radical (unpaired) electrons. The van der Waals surface area contributed by atoms with Crippen molar-refractivity contribution >= 4 is 27.5 Å². The molecule has 1 aromatic rings. The summed E-state index contributed by atoms with van der Waals surface area (Å²) in [6.45, 7) is 5.83. The number of benzene rings is 1. The minimum absolute atomic E-state index is 0.0247. The molecule has 0 bridgehead atoms. The van der Waals surface area contributed by atoms with E-state index in [0.29, 0.717) is 6.54 Å². The van der Waals surface area contributed by atoms with Crippen LogP contribution in [0.4, 0.5) is 5.69 Å². The van der Waals surface area contributed by atoms with Crippen LogP contribution in [0.2, 0.25) is 0 Å². The molecule has 1 aliphatic rings. The molecule has 1 saturated heterocycles. The molecule has 2 rings (SSSR count). The summed E-state index contributed by atoms with van der Waals surface area (Å²) >= 11 is 3.43. The van der Waals surface area contributed by atoms with Crippen LogP contribution in [0.3, 0.4) is 0 Å². The summed E-state index contributed by atoms with van der Waals surface area (Å²) in [4.78, 5) is 12.0. The van der Waals surface area contributed by atoms with Gasteiger partial charge in [-0.3, -0.25) is 4.79 Å². The molecule has 1 aromatic carbocycles. The van der Waals surface area contributed by atoms with Gasteiger partial charge in [-0.2, -0.15) is 0 Å². The zero-order valence-electron chi connectivity index (χ0n) is 12.0. The molecule has 4 nitrogen and oxygen atoms in total. The third kappa shape index (κ3) is 4.21. The van der Waals surface area contributed by atoms with E-state index >= 15 is 0 Å². The topological polar surface area (TPSA) is 50.4 Å². The number of hydrogen-bond acceptors (Lipinski definition) is 3. The molecule has 20 heavy (non-hydrogen) atoms. The molecule has 0 unspecified atom stereocenters. The fourth-order valence-corrected chi connectivity index (χ4v) is 2.80. The number of nitrogens with one attached hydrogen (secondary N) is 2. The van der Waals surface area contributed by atoms with E-state index in [1.165, 1.54) is 0 Å². The molecule has 2 N–H and O–H groups in total. The second kappa shape index (κ2) is 6.59. The first-order chi connectivity index (χ1) is 9.48. The third-order valence-corrected chi connectivity index (χ3v) is 4.16. The molecule has 0 atom stereocenters. The lowest BCUT2D eigenvalue weighted by Gasteiger charge is -2.34. The van der Waals surface area contributed by atoms with Crippen molar-refractivity contribution in [3.63, 3.8) is 0 Å². The standard InChI is InChI=1S/C15H21BrN2O2/c1-11-9-12(16)3-4-13(11)17-10-14(19)18-15(2)5-7-20-8-6-15/h3-4,9,17H,5-8,10H2,1-2H3,(H,18,19). The van der Waals surface area contributed by atoms with Gasteiger partial charge in [0.05, 0.1) is 6.54 Å². The van der Waals surface area contributed by atoms with Crippen LogP contribution in [-0.2, 0) is 9.53 Å². The first-order valence-electron chi connectivity index (χ1n) is 6.87. The van der Waals surface area contributed by atoms with E-state index in [1.54, 1.807) is 0 Å². The second-order valence-corrected chi connectivity index (χ2v) is 6.45. The Kier molecular flexibility index (Phi) is 5.05. The van der Waals surface area contributed by atoms with Gasteiger partial charge in [-0.1, -0.05) is 15.9 Å². The Labute approximate surface area is 128 Å². The van der Waals surface area contributed by atoms with Gasteiger partial charge in [-0.15, -0.1) is 0 Å². The first-order valence-corrected chi connectivity index (χ1v) is 7.67. The minimum atomic E-state index is -0.133. The van der Waals surface area contributed by atoms with E-state index in [4.69, 9.17) is 4.74 Å². The van der Waals surface area contributed by atoms with E-state index < -0.39 is 0 Å². The average Bonchev–Trinajstić information content (AvgIpc) is 2.38. The Balaban J connectivity index is 1.85. The van der Waals surface area contributed by atoms with Crippen LogP contribution in [0, 0.1) is 6.92 Å². The molecule has 1 heterocycles. The van der Waals surface area contributed by atoms with Crippen LogP contribution in [0.1, 0.15) is 25.3 Å². The lowest BCUT2D eigenvalue weighted by atomic mass is 9.92. The highest BCUT2D eigenvalue weighted by Crippen LogP contribution is 2.21. The zero-order valence-corrected chi connectivity index (χ0v) is 13.5. The smallest absolute Gasteiger partial charge is 0.239 e. The fourth-order valence-electron chi connectivity index (χ4n) is 2.33. The number of halogens is 1. The molecule has 5 heteroatoms. The number of amides is 1. The largest absolute Gasteiger partial charge is 0.381 e. The number of carbonyl (C=O) groups is 1. The summed E-state index contributed by atoms with van der Waals surface area (Å²) < 4.78 is 6.37. The SMILES string of the molecule is Cc1cc(Br)ccc1NCC(=O)NC1(C)CCOCC1. The average molecular weight is 341 g/mol. The van der Waals surface area contributed by atoms with Crippen LogP contribution in [-0.4, -0.2) is 31.2 Å². The van der Waals surface area contributed by atoms with Gasteiger partial charge in [0.15, 0.2) is 0 Å².